The summed E-state index contributed by atoms with van der Waals surface area (Å²) in [6.45, 7) is 2.17. The summed E-state index contributed by atoms with van der Waals surface area (Å²) in [5.74, 6) is -3.11. The van der Waals surface area contributed by atoms with Gasteiger partial charge in [-0.15, -0.1) is 0 Å². The topological polar surface area (TPSA) is 136 Å². The van der Waals surface area contributed by atoms with Crippen LogP contribution in [0.15, 0.2) is 0 Å². The summed E-state index contributed by atoms with van der Waals surface area (Å²) in [6, 6.07) is 0.944. The second-order valence-corrected chi connectivity index (χ2v) is 1.45. The van der Waals surface area contributed by atoms with Crippen LogP contribution in [0, 0.1) is 11.3 Å². The van der Waals surface area contributed by atoms with Crippen molar-refractivity contribution in [1.82, 2.24) is 0 Å². The van der Waals surface area contributed by atoms with Gasteiger partial charge in [0.15, 0.2) is 6.07 Å². The van der Waals surface area contributed by atoms with Crippen LogP contribution in [0.1, 0.15) is 13.8 Å². The van der Waals surface area contributed by atoms with Gasteiger partial charge in [0.05, 0.1) is 0 Å². The van der Waals surface area contributed by atoms with Crippen molar-refractivity contribution < 1.29 is 29.7 Å². The van der Waals surface area contributed by atoms with Gasteiger partial charge in [0.1, 0.15) is 0 Å². The van der Waals surface area contributed by atoms with Crippen molar-refractivity contribution in [3.8, 4) is 6.07 Å². The number of hydrogen-bond donors (Lipinski definition) is 3. The van der Waals surface area contributed by atoms with Crippen LogP contribution in [0.3, 0.4) is 0 Å². The number of rotatable bonds is 0. The molecule has 8 heteroatoms. The average molecular weight is 330 g/mol. The molecule has 0 rings (SSSR count). The van der Waals surface area contributed by atoms with Crippen molar-refractivity contribution in [3.05, 3.63) is 0 Å². The molecule has 3 N–H and O–H groups in total. The Morgan fingerprint density at radius 2 is 1.07 bits per heavy atom. The van der Waals surface area contributed by atoms with Crippen LogP contribution < -0.4 is 0 Å². The molecule has 0 spiro atoms. The molecule has 0 saturated carbocycles. The molecule has 0 saturated heterocycles. The van der Waals surface area contributed by atoms with Crippen LogP contribution in [0.2, 0.25) is 0 Å². The molecule has 0 aromatic heterocycles. The first-order valence-electron chi connectivity index (χ1n) is 2.76. The van der Waals surface area contributed by atoms with Crippen LogP contribution in [-0.2, 0) is 14.4 Å². The van der Waals surface area contributed by atoms with E-state index >= 15 is 0 Å². The van der Waals surface area contributed by atoms with Gasteiger partial charge in [-0.3, -0.25) is 9.59 Å². The van der Waals surface area contributed by atoms with E-state index in [0.29, 0.717) is 0 Å². The number of hydrogen-bond acceptors (Lipinski definition) is 4. The predicted molar refractivity (Wildman–Crippen MR) is 48.4 cm³/mol. The first-order chi connectivity index (χ1) is 5.73. The zero-order chi connectivity index (χ0) is 11.4. The number of nitriles is 1. The molecule has 0 aliphatic rings. The molecule has 0 aromatic rings. The van der Waals surface area contributed by atoms with E-state index in [9.17, 15) is 0 Å². The van der Waals surface area contributed by atoms with Crippen molar-refractivity contribution in [2.24, 2.45) is 0 Å². The summed E-state index contributed by atoms with van der Waals surface area (Å²) >= 11 is 0. The molecule has 0 atom stereocenters. The maximum absolute atomic E-state index is 9.01. The van der Waals surface area contributed by atoms with Gasteiger partial charge in [0, 0.05) is 13.8 Å². The second kappa shape index (κ2) is 18.3. The molecule has 0 unspecified atom stereocenters. The zero-order valence-corrected chi connectivity index (χ0v) is 7.01. The van der Waals surface area contributed by atoms with Gasteiger partial charge < -0.3 is 15.3 Å². The third-order valence-electron chi connectivity index (χ3n) is 0.0956. The molecule has 0 bridgehead atoms. The number of carbonyl (C=O) groups is 3. The first-order valence-corrected chi connectivity index (χ1v) is 2.76. The van der Waals surface area contributed by atoms with E-state index in [1.807, 2.05) is 0 Å². The Labute approximate surface area is 120 Å². The molecule has 0 amide bonds. The molecule has 14 heavy (non-hydrogen) atoms. The standard InChI is InChI=1S/C2HNO2.2C2H4O2.Ba.2H/c3-1-2(4)5;2*1-2(3)4;;;/h(H,4,5);2*1H3,(H,3,4);;;. The minimum atomic E-state index is -1.44. The monoisotopic (exact) mass is 331 g/mol. The van der Waals surface area contributed by atoms with E-state index in [-0.39, 0.29) is 48.9 Å². The maximum atomic E-state index is 9.01. The molecule has 0 radical (unpaired) electrons. The molecule has 0 fully saturated rings. The van der Waals surface area contributed by atoms with Gasteiger partial charge in [-0.1, -0.05) is 0 Å². The predicted octanol–water partition coefficient (Wildman–Crippen LogP) is -1.14. The summed E-state index contributed by atoms with van der Waals surface area (Å²) in [5, 5.41) is 29.5. The van der Waals surface area contributed by atoms with Crippen LogP contribution in [0.4, 0.5) is 0 Å². The van der Waals surface area contributed by atoms with Crippen molar-refractivity contribution in [2.45, 2.75) is 13.8 Å². The summed E-state index contributed by atoms with van der Waals surface area (Å²) in [4.78, 5) is 27.0. The summed E-state index contributed by atoms with van der Waals surface area (Å²) in [6.07, 6.45) is 0. The molecule has 78 valence electrons. The van der Waals surface area contributed by atoms with Crippen LogP contribution >= 0.6 is 0 Å². The molecule has 0 aliphatic carbocycles. The Morgan fingerprint density at radius 1 is 1.00 bits per heavy atom. The van der Waals surface area contributed by atoms with Crippen molar-refractivity contribution >= 4 is 66.8 Å². The van der Waals surface area contributed by atoms with Crippen LogP contribution in [0.25, 0.3) is 0 Å². The Bertz CT molecular complexity index is 201. The fourth-order valence-electron chi connectivity index (χ4n) is 0. The fraction of sp³-hybridized carbons (Fsp3) is 0.333. The number of aliphatic carboxylic acids is 3. The summed E-state index contributed by atoms with van der Waals surface area (Å²) < 4.78 is 0. The van der Waals surface area contributed by atoms with Gasteiger partial charge in [0.2, 0.25) is 0 Å². The third-order valence-corrected chi connectivity index (χ3v) is 0.0956. The number of carboxylic acids is 3. The van der Waals surface area contributed by atoms with E-state index in [2.05, 4.69) is 0 Å². The molecule has 0 heterocycles. The van der Waals surface area contributed by atoms with E-state index < -0.39 is 17.9 Å². The van der Waals surface area contributed by atoms with Gasteiger partial charge >= 0.3 is 54.9 Å². The Balaban J connectivity index is -0.0000000522. The minimum absolute atomic E-state index is 0. The summed E-state index contributed by atoms with van der Waals surface area (Å²) in [5.41, 5.74) is 0. The van der Waals surface area contributed by atoms with Gasteiger partial charge in [-0.2, -0.15) is 5.26 Å². The van der Waals surface area contributed by atoms with Crippen molar-refractivity contribution in [2.75, 3.05) is 0 Å². The number of nitrogens with zero attached hydrogens (tertiary/aromatic N) is 1. The fourth-order valence-corrected chi connectivity index (χ4v) is 0. The van der Waals surface area contributed by atoms with Crippen LogP contribution in [-0.4, -0.2) is 82.1 Å². The Morgan fingerprint density at radius 3 is 1.07 bits per heavy atom. The third kappa shape index (κ3) is 581. The average Bonchev–Trinajstić information content (AvgIpc) is 1.84. The van der Waals surface area contributed by atoms with E-state index in [1.165, 1.54) is 0 Å². The SMILES string of the molecule is CC(=O)O.CC(=O)O.N#CC(=O)O.[BaH2]. The second-order valence-electron chi connectivity index (χ2n) is 1.45. The van der Waals surface area contributed by atoms with Gasteiger partial charge in [-0.05, 0) is 0 Å². The van der Waals surface area contributed by atoms with E-state index in [0.717, 1.165) is 19.9 Å². The van der Waals surface area contributed by atoms with E-state index in [4.69, 9.17) is 35.0 Å². The van der Waals surface area contributed by atoms with Crippen molar-refractivity contribution in [3.63, 3.8) is 0 Å². The van der Waals surface area contributed by atoms with Crippen molar-refractivity contribution in [1.29, 1.82) is 5.26 Å². The quantitative estimate of drug-likeness (QED) is 0.290. The van der Waals surface area contributed by atoms with Gasteiger partial charge in [-0.25, -0.2) is 4.79 Å². The summed E-state index contributed by atoms with van der Waals surface area (Å²) in [7, 11) is 0. The normalized spacial score (nSPS) is 5.50. The Hall–Kier alpha value is -0.529. The molecule has 7 nitrogen and oxygen atoms in total. The molecular formula is C6H11BaNO6. The molecule has 0 aromatic carbocycles. The van der Waals surface area contributed by atoms with E-state index in [1.54, 1.807) is 0 Å². The first kappa shape index (κ1) is 23.4. The van der Waals surface area contributed by atoms with Crippen LogP contribution in [0.5, 0.6) is 0 Å². The molecular weight excluding hydrogens is 319 g/mol. The Kier molecular flexibility index (Phi) is 30.5. The zero-order valence-electron chi connectivity index (χ0n) is 7.01. The molecule has 0 aliphatic heterocycles. The van der Waals surface area contributed by atoms with Gasteiger partial charge in [0.25, 0.3) is 11.9 Å². The number of carboxylic acid groups (broad SMARTS) is 3.